The van der Waals surface area contributed by atoms with Crippen molar-refractivity contribution in [1.29, 1.82) is 0 Å². The minimum Gasteiger partial charge on any atom is -0.497 e. The highest BCUT2D eigenvalue weighted by Crippen LogP contribution is 2.34. The molecule has 1 fully saturated rings. The first-order valence-electron chi connectivity index (χ1n) is 8.88. The number of aryl methyl sites for hydroxylation is 2. The number of rotatable bonds is 6. The van der Waals surface area contributed by atoms with Gasteiger partial charge in [0.1, 0.15) is 5.75 Å². The number of primary amides is 1. The van der Waals surface area contributed by atoms with Crippen molar-refractivity contribution in [2.45, 2.75) is 25.8 Å². The Hall–Kier alpha value is -3.02. The smallest absolute Gasteiger partial charge is 0.340 e. The average molecular weight is 366 g/mol. The molecule has 1 radical (unpaired) electrons. The zero-order valence-electron chi connectivity index (χ0n) is 15.9. The van der Waals surface area contributed by atoms with Gasteiger partial charge < -0.3 is 15.4 Å². The van der Waals surface area contributed by atoms with Crippen molar-refractivity contribution in [2.24, 2.45) is 5.73 Å². The van der Waals surface area contributed by atoms with Crippen molar-refractivity contribution < 1.29 is 14.3 Å². The molecule has 0 bridgehead atoms. The van der Waals surface area contributed by atoms with Crippen LogP contribution < -0.4 is 15.8 Å². The summed E-state index contributed by atoms with van der Waals surface area (Å²) in [7, 11) is 1.62. The molecule has 1 aliphatic rings. The quantitative estimate of drug-likeness (QED) is 0.851. The van der Waals surface area contributed by atoms with Crippen molar-refractivity contribution in [3.8, 4) is 5.75 Å². The van der Waals surface area contributed by atoms with Gasteiger partial charge in [-0.05, 0) is 54.7 Å². The minimum absolute atomic E-state index is 0.0479. The number of urea groups is 1. The molecule has 0 spiro atoms. The highest BCUT2D eigenvalue weighted by molar-refractivity contribution is 5.94. The van der Waals surface area contributed by atoms with E-state index in [-0.39, 0.29) is 6.54 Å². The second kappa shape index (κ2) is 7.31. The third-order valence-corrected chi connectivity index (χ3v) is 5.31. The van der Waals surface area contributed by atoms with Gasteiger partial charge in [0, 0.05) is 6.54 Å². The molecule has 6 heteroatoms. The van der Waals surface area contributed by atoms with Gasteiger partial charge in [0.15, 0.2) is 5.54 Å². The standard InChI is InChI=1S/C21H24N3O3/c1-14-4-7-17(12-15(14)2)21(19(22)25)13-23-20(26)24(21)11-10-16-5-8-18(27-3)9-6-16/h4-9,12H,10-11,13H2,1-3H3,(H2,22,25). The number of benzene rings is 2. The second-order valence-corrected chi connectivity index (χ2v) is 6.87. The van der Waals surface area contributed by atoms with Gasteiger partial charge in [-0.2, -0.15) is 0 Å². The molecule has 1 heterocycles. The van der Waals surface area contributed by atoms with Crippen LogP contribution in [0.2, 0.25) is 0 Å². The first-order valence-corrected chi connectivity index (χ1v) is 8.88. The van der Waals surface area contributed by atoms with Crippen LogP contribution in [0.5, 0.6) is 5.75 Å². The Balaban J connectivity index is 1.91. The largest absolute Gasteiger partial charge is 0.497 e. The lowest BCUT2D eigenvalue weighted by molar-refractivity contribution is -0.127. The zero-order valence-corrected chi connectivity index (χ0v) is 15.9. The number of methoxy groups -OCH3 is 1. The number of hydrogen-bond donors (Lipinski definition) is 1. The number of amides is 3. The number of carbonyl (C=O) groups is 2. The molecule has 2 N–H and O–H groups in total. The van der Waals surface area contributed by atoms with Gasteiger partial charge in [0.05, 0.1) is 13.7 Å². The van der Waals surface area contributed by atoms with Crippen LogP contribution >= 0.6 is 0 Å². The Morgan fingerprint density at radius 3 is 2.48 bits per heavy atom. The first-order chi connectivity index (χ1) is 12.9. The van der Waals surface area contributed by atoms with E-state index in [1.807, 2.05) is 56.3 Å². The van der Waals surface area contributed by atoms with Crippen LogP contribution in [-0.4, -0.2) is 37.0 Å². The van der Waals surface area contributed by atoms with Crippen LogP contribution in [0.15, 0.2) is 42.5 Å². The highest BCUT2D eigenvalue weighted by Gasteiger charge is 2.52. The molecule has 1 saturated heterocycles. The van der Waals surface area contributed by atoms with Gasteiger partial charge in [-0.25, -0.2) is 10.1 Å². The van der Waals surface area contributed by atoms with Crippen molar-refractivity contribution in [1.82, 2.24) is 10.2 Å². The first kappa shape index (κ1) is 18.8. The molecule has 27 heavy (non-hydrogen) atoms. The summed E-state index contributed by atoms with van der Waals surface area (Å²) in [5.41, 5.74) is 8.47. The topological polar surface area (TPSA) is 86.7 Å². The van der Waals surface area contributed by atoms with Gasteiger partial charge >= 0.3 is 6.03 Å². The normalized spacial score (nSPS) is 19.1. The molecule has 1 unspecified atom stereocenters. The predicted octanol–water partition coefficient (Wildman–Crippen LogP) is 2.28. The fraction of sp³-hybridized carbons (Fsp3) is 0.333. The fourth-order valence-corrected chi connectivity index (χ4v) is 3.43. The molecule has 3 rings (SSSR count). The lowest BCUT2D eigenvalue weighted by Gasteiger charge is -2.34. The molecule has 3 amide bonds. The van der Waals surface area contributed by atoms with E-state index >= 15 is 0 Å². The Kier molecular flexibility index (Phi) is 5.08. The summed E-state index contributed by atoms with van der Waals surface area (Å²) >= 11 is 0. The molecule has 2 aromatic rings. The number of carbonyl (C=O) groups excluding carboxylic acids is 2. The number of ether oxygens (including phenoxy) is 1. The summed E-state index contributed by atoms with van der Waals surface area (Å²) in [6, 6.07) is 13.0. The van der Waals surface area contributed by atoms with Crippen LogP contribution in [0.4, 0.5) is 4.79 Å². The van der Waals surface area contributed by atoms with Crippen molar-refractivity contribution in [3.63, 3.8) is 0 Å². The summed E-state index contributed by atoms with van der Waals surface area (Å²) in [4.78, 5) is 26.5. The van der Waals surface area contributed by atoms with Gasteiger partial charge in [0.2, 0.25) is 5.91 Å². The number of hydrogen-bond acceptors (Lipinski definition) is 3. The summed E-state index contributed by atoms with van der Waals surface area (Å²) in [5, 5.41) is 4.03. The Labute approximate surface area is 159 Å². The van der Waals surface area contributed by atoms with E-state index in [0.29, 0.717) is 18.5 Å². The van der Waals surface area contributed by atoms with Crippen LogP contribution in [0, 0.1) is 13.8 Å². The maximum absolute atomic E-state index is 12.5. The van der Waals surface area contributed by atoms with Gasteiger partial charge in [0.25, 0.3) is 0 Å². The average Bonchev–Trinajstić information content (AvgIpc) is 3.00. The van der Waals surface area contributed by atoms with Crippen LogP contribution in [-0.2, 0) is 16.8 Å². The van der Waals surface area contributed by atoms with Crippen molar-refractivity contribution in [2.75, 3.05) is 20.2 Å². The fourth-order valence-electron chi connectivity index (χ4n) is 3.43. The Bertz CT molecular complexity index is 863. The van der Waals surface area contributed by atoms with Gasteiger partial charge in [-0.1, -0.05) is 30.3 Å². The minimum atomic E-state index is -1.23. The molecule has 6 nitrogen and oxygen atoms in total. The molecule has 141 valence electrons. The highest BCUT2D eigenvalue weighted by atomic mass is 16.5. The van der Waals surface area contributed by atoms with Crippen LogP contribution in [0.3, 0.4) is 0 Å². The molecular formula is C21H24N3O3. The molecular weight excluding hydrogens is 342 g/mol. The molecule has 2 aromatic carbocycles. The predicted molar refractivity (Wildman–Crippen MR) is 103 cm³/mol. The van der Waals surface area contributed by atoms with Crippen LogP contribution in [0.1, 0.15) is 22.3 Å². The van der Waals surface area contributed by atoms with Gasteiger partial charge in [-0.15, -0.1) is 0 Å². The molecule has 1 aliphatic heterocycles. The zero-order chi connectivity index (χ0) is 19.6. The van der Waals surface area contributed by atoms with E-state index < -0.39 is 17.5 Å². The lowest BCUT2D eigenvalue weighted by Crippen LogP contribution is -2.54. The van der Waals surface area contributed by atoms with E-state index in [0.717, 1.165) is 22.4 Å². The van der Waals surface area contributed by atoms with E-state index in [1.165, 1.54) is 4.90 Å². The van der Waals surface area contributed by atoms with E-state index in [1.54, 1.807) is 7.11 Å². The Morgan fingerprint density at radius 2 is 1.89 bits per heavy atom. The van der Waals surface area contributed by atoms with E-state index in [2.05, 4.69) is 5.32 Å². The molecule has 0 saturated carbocycles. The summed E-state index contributed by atoms with van der Waals surface area (Å²) in [6.45, 7) is 4.38. The number of nitrogens with zero attached hydrogens (tertiary/aromatic N) is 2. The second-order valence-electron chi connectivity index (χ2n) is 6.87. The van der Waals surface area contributed by atoms with E-state index in [4.69, 9.17) is 10.5 Å². The lowest BCUT2D eigenvalue weighted by atomic mass is 9.86. The van der Waals surface area contributed by atoms with Gasteiger partial charge in [-0.3, -0.25) is 4.79 Å². The summed E-state index contributed by atoms with van der Waals surface area (Å²) < 4.78 is 5.17. The SMILES string of the molecule is COc1ccc(CCN2C(=O)[N]CC2(C(N)=O)c2ccc(C)c(C)c2)cc1. The molecule has 1 atom stereocenters. The summed E-state index contributed by atoms with van der Waals surface area (Å²) in [5.74, 6) is 0.211. The Morgan fingerprint density at radius 1 is 1.19 bits per heavy atom. The van der Waals surface area contributed by atoms with Crippen molar-refractivity contribution in [3.05, 3.63) is 64.7 Å². The maximum Gasteiger partial charge on any atom is 0.340 e. The third-order valence-electron chi connectivity index (χ3n) is 5.31. The number of nitrogens with two attached hydrogens (primary N) is 1. The molecule has 0 aromatic heterocycles. The van der Waals surface area contributed by atoms with Crippen LogP contribution in [0.25, 0.3) is 0 Å². The monoisotopic (exact) mass is 366 g/mol. The third kappa shape index (κ3) is 3.35. The molecule has 0 aliphatic carbocycles. The van der Waals surface area contributed by atoms with Crippen molar-refractivity contribution >= 4 is 11.9 Å². The summed E-state index contributed by atoms with van der Waals surface area (Å²) in [6.07, 6.45) is 0.588. The maximum atomic E-state index is 12.5. The van der Waals surface area contributed by atoms with E-state index in [9.17, 15) is 9.59 Å².